The molecule has 0 saturated carbocycles. The normalized spacial score (nSPS) is 11.4. The van der Waals surface area contributed by atoms with Gasteiger partial charge in [-0.25, -0.2) is 9.97 Å². The minimum atomic E-state index is -0.170. The van der Waals surface area contributed by atoms with E-state index in [1.165, 1.54) is 6.07 Å². The number of nitrogens with zero attached hydrogens (tertiary/aromatic N) is 3. The lowest BCUT2D eigenvalue weighted by Gasteiger charge is -2.13. The minimum Gasteiger partial charge on any atom is -0.504 e. The number of ether oxygens (including phenoxy) is 1. The lowest BCUT2D eigenvalue weighted by molar-refractivity contribution is -0.118. The van der Waals surface area contributed by atoms with Crippen molar-refractivity contribution in [3.8, 4) is 11.5 Å². The number of carbonyl (C=O) groups excluding carboxylic acids is 1. The highest BCUT2D eigenvalue weighted by atomic mass is 35.5. The zero-order valence-electron chi connectivity index (χ0n) is 22.3. The average Bonchev–Trinajstić information content (AvgIpc) is 3.30. The number of benzene rings is 2. The molecule has 10 heteroatoms. The van der Waals surface area contributed by atoms with Crippen LogP contribution in [0.1, 0.15) is 49.6 Å². The number of aromatic nitrogens is 3. The summed E-state index contributed by atoms with van der Waals surface area (Å²) in [4.78, 5) is 20.7. The molecule has 5 N–H and O–H groups in total. The molecule has 0 atom stereocenters. The third kappa shape index (κ3) is 6.91. The predicted molar refractivity (Wildman–Crippen MR) is 154 cm³/mol. The molecule has 2 aromatic heterocycles. The molecule has 4 rings (SSSR count). The molecule has 2 aromatic carbocycles. The fraction of sp³-hybridized carbons (Fsp3) is 0.414. The SMILES string of the molecule is CCCCc1nc2c(N)nc3ccc(CCCOCCCNC(=O)CCl)cc3c2n1Cc1cccc(O)c1O. The molecular formula is C29H36ClN5O4. The van der Waals surface area contributed by atoms with Gasteiger partial charge in [0.25, 0.3) is 0 Å². The van der Waals surface area contributed by atoms with Gasteiger partial charge in [0.15, 0.2) is 17.3 Å². The molecule has 0 saturated heterocycles. The maximum absolute atomic E-state index is 11.2. The molecule has 9 nitrogen and oxygen atoms in total. The molecule has 0 aliphatic rings. The van der Waals surface area contributed by atoms with E-state index in [-0.39, 0.29) is 23.3 Å². The Hall–Kier alpha value is -3.56. The van der Waals surface area contributed by atoms with Gasteiger partial charge in [-0.15, -0.1) is 11.6 Å². The Balaban J connectivity index is 1.57. The van der Waals surface area contributed by atoms with Gasteiger partial charge >= 0.3 is 0 Å². The van der Waals surface area contributed by atoms with Gasteiger partial charge in [0.2, 0.25) is 5.91 Å². The van der Waals surface area contributed by atoms with E-state index in [2.05, 4.69) is 33.9 Å². The van der Waals surface area contributed by atoms with Crippen molar-refractivity contribution in [1.29, 1.82) is 0 Å². The van der Waals surface area contributed by atoms with Crippen molar-refractivity contribution in [3.05, 3.63) is 53.3 Å². The van der Waals surface area contributed by atoms with Crippen molar-refractivity contribution in [1.82, 2.24) is 19.9 Å². The van der Waals surface area contributed by atoms with Crippen molar-refractivity contribution >= 4 is 45.3 Å². The molecule has 0 fully saturated rings. The van der Waals surface area contributed by atoms with Crippen molar-refractivity contribution in [2.45, 2.75) is 52.0 Å². The van der Waals surface area contributed by atoms with Crippen LogP contribution in [0.25, 0.3) is 21.9 Å². The molecular weight excluding hydrogens is 518 g/mol. The first-order valence-electron chi connectivity index (χ1n) is 13.4. The number of halogens is 1. The van der Waals surface area contributed by atoms with Gasteiger partial charge in [-0.05, 0) is 49.4 Å². The average molecular weight is 554 g/mol. The van der Waals surface area contributed by atoms with E-state index in [4.69, 9.17) is 27.1 Å². The Kier molecular flexibility index (Phi) is 9.84. The summed E-state index contributed by atoms with van der Waals surface area (Å²) >= 11 is 5.47. The van der Waals surface area contributed by atoms with Crippen LogP contribution in [0.5, 0.6) is 11.5 Å². The number of unbranched alkanes of at least 4 members (excludes halogenated alkanes) is 1. The van der Waals surface area contributed by atoms with Gasteiger partial charge in [-0.3, -0.25) is 4.79 Å². The van der Waals surface area contributed by atoms with Gasteiger partial charge in [-0.2, -0.15) is 0 Å². The number of rotatable bonds is 14. The lowest BCUT2D eigenvalue weighted by atomic mass is 10.1. The number of nitrogens with two attached hydrogens (primary N) is 1. The number of para-hydroxylation sites is 1. The Morgan fingerprint density at radius 1 is 1.10 bits per heavy atom. The van der Waals surface area contributed by atoms with Crippen LogP contribution in [0.2, 0.25) is 0 Å². The van der Waals surface area contributed by atoms with Crippen LogP contribution < -0.4 is 11.1 Å². The second-order valence-corrected chi connectivity index (χ2v) is 9.87. The number of pyridine rings is 1. The number of fused-ring (bicyclic) bond motifs is 3. The highest BCUT2D eigenvalue weighted by Crippen LogP contribution is 2.34. The Morgan fingerprint density at radius 3 is 2.72 bits per heavy atom. The van der Waals surface area contributed by atoms with Crippen LogP contribution in [0.15, 0.2) is 36.4 Å². The number of aryl methyl sites for hydroxylation is 2. The van der Waals surface area contributed by atoms with Crippen molar-refractivity contribution < 1.29 is 19.7 Å². The molecule has 1 amide bonds. The molecule has 0 aliphatic heterocycles. The van der Waals surface area contributed by atoms with Gasteiger partial charge in [-0.1, -0.05) is 31.5 Å². The van der Waals surface area contributed by atoms with Crippen LogP contribution in [-0.2, 0) is 28.9 Å². The Labute approximate surface area is 233 Å². The van der Waals surface area contributed by atoms with E-state index >= 15 is 0 Å². The number of phenolic OH excluding ortho intramolecular Hbond substituents is 2. The Morgan fingerprint density at radius 2 is 1.92 bits per heavy atom. The van der Waals surface area contributed by atoms with E-state index in [0.717, 1.165) is 66.3 Å². The summed E-state index contributed by atoms with van der Waals surface area (Å²) in [5.74, 6) is 0.766. The van der Waals surface area contributed by atoms with E-state index in [1.807, 2.05) is 6.07 Å². The summed E-state index contributed by atoms with van der Waals surface area (Å²) in [7, 11) is 0. The second kappa shape index (κ2) is 13.5. The topological polar surface area (TPSA) is 136 Å². The number of alkyl halides is 1. The molecule has 208 valence electrons. The zero-order valence-corrected chi connectivity index (χ0v) is 23.0. The van der Waals surface area contributed by atoms with Gasteiger partial charge in [0.05, 0.1) is 17.6 Å². The van der Waals surface area contributed by atoms with Crippen LogP contribution in [-0.4, -0.2) is 56.3 Å². The first-order valence-corrected chi connectivity index (χ1v) is 13.9. The van der Waals surface area contributed by atoms with E-state index in [0.29, 0.717) is 43.2 Å². The summed E-state index contributed by atoms with van der Waals surface area (Å²) in [5.41, 5.74) is 10.4. The standard InChI is InChI=1S/C29H36ClN5O4/c1-2-3-10-24-34-26-27(35(24)18-20-8-4-9-23(36)28(20)38)21-16-19(11-12-22(21)33-29(26)31)7-5-14-39-15-6-13-32-25(37)17-30/h4,8-9,11-12,16,36,38H,2-3,5-7,10,13-15,17-18H2,1H3,(H2,31,33)(H,32,37). The van der Waals surface area contributed by atoms with Crippen LogP contribution in [0.3, 0.4) is 0 Å². The summed E-state index contributed by atoms with van der Waals surface area (Å²) < 4.78 is 7.81. The summed E-state index contributed by atoms with van der Waals surface area (Å²) in [6.45, 7) is 4.22. The van der Waals surface area contributed by atoms with Crippen LogP contribution in [0, 0.1) is 0 Å². The monoisotopic (exact) mass is 553 g/mol. The third-order valence-corrected chi connectivity index (χ3v) is 6.93. The number of hydrogen-bond acceptors (Lipinski definition) is 7. The molecule has 0 aliphatic carbocycles. The zero-order chi connectivity index (χ0) is 27.8. The second-order valence-electron chi connectivity index (χ2n) is 9.60. The van der Waals surface area contributed by atoms with Crippen molar-refractivity contribution in [3.63, 3.8) is 0 Å². The number of aromatic hydroxyl groups is 2. The summed E-state index contributed by atoms with van der Waals surface area (Å²) in [6, 6.07) is 11.2. The third-order valence-electron chi connectivity index (χ3n) is 6.69. The minimum absolute atomic E-state index is 0.0276. The van der Waals surface area contributed by atoms with Gasteiger partial charge in [0.1, 0.15) is 17.2 Å². The number of nitrogen functional groups attached to an aromatic ring is 1. The smallest absolute Gasteiger partial charge is 0.234 e. The first kappa shape index (κ1) is 28.4. The fourth-order valence-corrected chi connectivity index (χ4v) is 4.76. The van der Waals surface area contributed by atoms with Gasteiger partial charge < -0.3 is 30.6 Å². The van der Waals surface area contributed by atoms with E-state index in [9.17, 15) is 15.0 Å². The molecule has 2 heterocycles. The molecule has 4 aromatic rings. The van der Waals surface area contributed by atoms with Crippen LogP contribution >= 0.6 is 11.6 Å². The molecule has 0 bridgehead atoms. The number of imidazole rings is 1. The number of hydrogen-bond donors (Lipinski definition) is 4. The van der Waals surface area contributed by atoms with E-state index in [1.54, 1.807) is 12.1 Å². The van der Waals surface area contributed by atoms with Crippen molar-refractivity contribution in [2.75, 3.05) is 31.4 Å². The molecule has 39 heavy (non-hydrogen) atoms. The fourth-order valence-electron chi connectivity index (χ4n) is 4.66. The maximum Gasteiger partial charge on any atom is 0.234 e. The quantitative estimate of drug-likeness (QED) is 0.101. The molecule has 0 unspecified atom stereocenters. The number of anilines is 1. The highest BCUT2D eigenvalue weighted by molar-refractivity contribution is 6.27. The van der Waals surface area contributed by atoms with E-state index < -0.39 is 0 Å². The predicted octanol–water partition coefficient (Wildman–Crippen LogP) is 4.66. The maximum atomic E-state index is 11.2. The molecule has 0 spiro atoms. The number of nitrogens with one attached hydrogen (secondary N) is 1. The van der Waals surface area contributed by atoms with Crippen LogP contribution in [0.4, 0.5) is 5.82 Å². The first-order chi connectivity index (χ1) is 18.9. The lowest BCUT2D eigenvalue weighted by Crippen LogP contribution is -2.26. The number of phenols is 2. The summed E-state index contributed by atoms with van der Waals surface area (Å²) in [6.07, 6.45) is 5.16. The number of amides is 1. The van der Waals surface area contributed by atoms with Gasteiger partial charge in [0, 0.05) is 37.1 Å². The largest absolute Gasteiger partial charge is 0.504 e. The van der Waals surface area contributed by atoms with Crippen molar-refractivity contribution in [2.24, 2.45) is 0 Å². The summed E-state index contributed by atoms with van der Waals surface area (Å²) in [5, 5.41) is 24.2. The molecule has 0 radical (unpaired) electrons. The Bertz CT molecular complexity index is 1440. The number of carbonyl (C=O) groups is 1. The highest BCUT2D eigenvalue weighted by Gasteiger charge is 2.19.